The van der Waals surface area contributed by atoms with Crippen molar-refractivity contribution in [2.24, 2.45) is 0 Å². The summed E-state index contributed by atoms with van der Waals surface area (Å²) in [6.07, 6.45) is 0.666. The molecular formula is C15H16BrF2N3. The Morgan fingerprint density at radius 1 is 1.38 bits per heavy atom. The number of nitrogens with one attached hydrogen (secondary N) is 1. The Balaban J connectivity index is 2.12. The van der Waals surface area contributed by atoms with Crippen LogP contribution < -0.4 is 5.32 Å². The summed E-state index contributed by atoms with van der Waals surface area (Å²) in [6.45, 7) is 4.80. The van der Waals surface area contributed by atoms with Crippen LogP contribution in [0.4, 0.5) is 14.6 Å². The maximum atomic E-state index is 14.1. The molecule has 21 heavy (non-hydrogen) atoms. The molecule has 0 spiro atoms. The molecule has 0 bridgehead atoms. The van der Waals surface area contributed by atoms with Gasteiger partial charge in [-0.05, 0) is 46.5 Å². The Morgan fingerprint density at radius 3 is 2.86 bits per heavy atom. The second-order valence-electron chi connectivity index (χ2n) is 5.54. The summed E-state index contributed by atoms with van der Waals surface area (Å²) in [7, 11) is 0. The number of anilines is 1. The molecule has 0 radical (unpaired) electrons. The van der Waals surface area contributed by atoms with E-state index in [0.29, 0.717) is 18.5 Å². The number of halogens is 3. The molecule has 1 unspecified atom stereocenters. The van der Waals surface area contributed by atoms with Gasteiger partial charge in [0.2, 0.25) is 0 Å². The maximum Gasteiger partial charge on any atom is 0.139 e. The lowest BCUT2D eigenvalue weighted by atomic mass is 10.0. The van der Waals surface area contributed by atoms with Gasteiger partial charge in [0.1, 0.15) is 17.5 Å². The second-order valence-corrected chi connectivity index (χ2v) is 6.34. The van der Waals surface area contributed by atoms with Crippen LogP contribution in [0.3, 0.4) is 0 Å². The highest BCUT2D eigenvalue weighted by Gasteiger charge is 2.29. The van der Waals surface area contributed by atoms with Crippen LogP contribution in [-0.2, 0) is 0 Å². The standard InChI is InChI=1S/C15H16BrF2N3/c1-8(2)14-13(16)15-19-6-5-12(21(15)20-14)10-7-9(17)3-4-11(10)18/h3-4,7-8,12,19H,5-6H2,1-2H3. The summed E-state index contributed by atoms with van der Waals surface area (Å²) < 4.78 is 30.2. The van der Waals surface area contributed by atoms with Gasteiger partial charge in [-0.25, -0.2) is 13.5 Å². The summed E-state index contributed by atoms with van der Waals surface area (Å²) in [5.74, 6) is 0.254. The number of aromatic nitrogens is 2. The molecule has 0 saturated heterocycles. The van der Waals surface area contributed by atoms with E-state index >= 15 is 0 Å². The van der Waals surface area contributed by atoms with Gasteiger partial charge in [0, 0.05) is 12.1 Å². The average Bonchev–Trinajstić information content (AvgIpc) is 2.79. The summed E-state index contributed by atoms with van der Waals surface area (Å²) in [6, 6.07) is 3.29. The quantitative estimate of drug-likeness (QED) is 0.862. The molecule has 2 aromatic rings. The molecule has 1 aliphatic rings. The number of fused-ring (bicyclic) bond motifs is 1. The third-order valence-electron chi connectivity index (χ3n) is 3.75. The van der Waals surface area contributed by atoms with Crippen molar-refractivity contribution in [3.8, 4) is 0 Å². The van der Waals surface area contributed by atoms with E-state index < -0.39 is 11.6 Å². The van der Waals surface area contributed by atoms with Crippen LogP contribution in [0.25, 0.3) is 0 Å². The Hall–Kier alpha value is -1.43. The monoisotopic (exact) mass is 355 g/mol. The van der Waals surface area contributed by atoms with Crippen molar-refractivity contribution in [3.63, 3.8) is 0 Å². The molecule has 0 fully saturated rings. The summed E-state index contributed by atoms with van der Waals surface area (Å²) >= 11 is 3.56. The smallest absolute Gasteiger partial charge is 0.139 e. The minimum absolute atomic E-state index is 0.247. The first-order chi connectivity index (χ1) is 9.99. The van der Waals surface area contributed by atoms with Gasteiger partial charge in [-0.3, -0.25) is 0 Å². The van der Waals surface area contributed by atoms with Crippen molar-refractivity contribution in [2.75, 3.05) is 11.9 Å². The highest BCUT2D eigenvalue weighted by Crippen LogP contribution is 2.38. The van der Waals surface area contributed by atoms with Crippen molar-refractivity contribution in [2.45, 2.75) is 32.2 Å². The van der Waals surface area contributed by atoms with Crippen molar-refractivity contribution < 1.29 is 8.78 Å². The molecule has 1 N–H and O–H groups in total. The van der Waals surface area contributed by atoms with Crippen LogP contribution in [0.1, 0.15) is 43.5 Å². The van der Waals surface area contributed by atoms with E-state index in [2.05, 4.69) is 40.2 Å². The Morgan fingerprint density at radius 2 is 2.14 bits per heavy atom. The van der Waals surface area contributed by atoms with Crippen LogP contribution in [0.5, 0.6) is 0 Å². The van der Waals surface area contributed by atoms with Crippen LogP contribution in [0, 0.1) is 11.6 Å². The Labute approximate surface area is 130 Å². The molecule has 0 aliphatic carbocycles. The zero-order valence-electron chi connectivity index (χ0n) is 11.8. The molecule has 0 amide bonds. The van der Waals surface area contributed by atoms with E-state index in [0.717, 1.165) is 22.1 Å². The molecule has 1 aliphatic heterocycles. The predicted octanol–water partition coefficient (Wildman–Crippen LogP) is 4.45. The first-order valence-electron chi connectivity index (χ1n) is 6.95. The molecule has 112 valence electrons. The molecule has 0 saturated carbocycles. The molecule has 3 nitrogen and oxygen atoms in total. The lowest BCUT2D eigenvalue weighted by Gasteiger charge is -2.26. The van der Waals surface area contributed by atoms with E-state index in [1.165, 1.54) is 12.1 Å². The minimum Gasteiger partial charge on any atom is -0.369 e. The first-order valence-corrected chi connectivity index (χ1v) is 7.75. The van der Waals surface area contributed by atoms with E-state index in [1.54, 1.807) is 4.68 Å². The molecule has 3 rings (SSSR count). The topological polar surface area (TPSA) is 29.9 Å². The number of hydrogen-bond donors (Lipinski definition) is 1. The van der Waals surface area contributed by atoms with E-state index in [9.17, 15) is 8.78 Å². The average molecular weight is 356 g/mol. The number of hydrogen-bond acceptors (Lipinski definition) is 2. The van der Waals surface area contributed by atoms with Gasteiger partial charge in [-0.2, -0.15) is 5.10 Å². The van der Waals surface area contributed by atoms with Gasteiger partial charge < -0.3 is 5.32 Å². The van der Waals surface area contributed by atoms with E-state index in [1.807, 2.05) is 0 Å². The number of rotatable bonds is 2. The van der Waals surface area contributed by atoms with Crippen LogP contribution in [-0.4, -0.2) is 16.3 Å². The second kappa shape index (κ2) is 5.40. The molecule has 1 atom stereocenters. The van der Waals surface area contributed by atoms with Crippen molar-refractivity contribution >= 4 is 21.7 Å². The largest absolute Gasteiger partial charge is 0.369 e. The zero-order chi connectivity index (χ0) is 15.1. The highest BCUT2D eigenvalue weighted by molar-refractivity contribution is 9.10. The zero-order valence-corrected chi connectivity index (χ0v) is 13.4. The summed E-state index contributed by atoms with van der Waals surface area (Å²) in [5.41, 5.74) is 1.27. The SMILES string of the molecule is CC(C)c1nn2c(c1Br)NCCC2c1cc(F)ccc1F. The van der Waals surface area contributed by atoms with E-state index in [4.69, 9.17) is 0 Å². The third kappa shape index (κ3) is 2.46. The lowest BCUT2D eigenvalue weighted by Crippen LogP contribution is -2.25. The molecule has 1 aromatic carbocycles. The summed E-state index contributed by atoms with van der Waals surface area (Å²) in [5, 5.41) is 7.87. The fraction of sp³-hybridized carbons (Fsp3) is 0.400. The first kappa shape index (κ1) is 14.5. The van der Waals surface area contributed by atoms with Gasteiger partial charge in [-0.15, -0.1) is 0 Å². The van der Waals surface area contributed by atoms with Gasteiger partial charge in [0.25, 0.3) is 0 Å². The fourth-order valence-electron chi connectivity index (χ4n) is 2.69. The lowest BCUT2D eigenvalue weighted by molar-refractivity contribution is 0.450. The van der Waals surface area contributed by atoms with Crippen molar-refractivity contribution in [3.05, 3.63) is 45.6 Å². The van der Waals surface area contributed by atoms with Crippen molar-refractivity contribution in [1.29, 1.82) is 0 Å². The van der Waals surface area contributed by atoms with Crippen LogP contribution in [0.15, 0.2) is 22.7 Å². The van der Waals surface area contributed by atoms with Gasteiger partial charge in [-0.1, -0.05) is 13.8 Å². The molecular weight excluding hydrogens is 340 g/mol. The minimum atomic E-state index is -0.429. The summed E-state index contributed by atoms with van der Waals surface area (Å²) in [4.78, 5) is 0. The van der Waals surface area contributed by atoms with Gasteiger partial charge >= 0.3 is 0 Å². The fourth-order valence-corrected chi connectivity index (χ4v) is 3.55. The third-order valence-corrected chi connectivity index (χ3v) is 4.53. The van der Waals surface area contributed by atoms with Crippen molar-refractivity contribution in [1.82, 2.24) is 9.78 Å². The molecule has 2 heterocycles. The normalized spacial score (nSPS) is 17.7. The number of nitrogens with zero attached hydrogens (tertiary/aromatic N) is 2. The maximum absolute atomic E-state index is 14.1. The molecule has 1 aromatic heterocycles. The van der Waals surface area contributed by atoms with Crippen LogP contribution in [0.2, 0.25) is 0 Å². The Kier molecular flexibility index (Phi) is 3.73. The van der Waals surface area contributed by atoms with Crippen LogP contribution >= 0.6 is 15.9 Å². The number of benzene rings is 1. The van der Waals surface area contributed by atoms with Gasteiger partial charge in [0.05, 0.1) is 16.2 Å². The van der Waals surface area contributed by atoms with Gasteiger partial charge in [0.15, 0.2) is 0 Å². The predicted molar refractivity (Wildman–Crippen MR) is 81.6 cm³/mol. The molecule has 6 heteroatoms. The van der Waals surface area contributed by atoms with E-state index in [-0.39, 0.29) is 12.0 Å². The highest BCUT2D eigenvalue weighted by atomic mass is 79.9. The Bertz CT molecular complexity index is 682.